The van der Waals surface area contributed by atoms with Gasteiger partial charge in [0.1, 0.15) is 11.9 Å². The van der Waals surface area contributed by atoms with Gasteiger partial charge < -0.3 is 20.0 Å². The van der Waals surface area contributed by atoms with Crippen molar-refractivity contribution in [2.24, 2.45) is 5.92 Å². The Morgan fingerprint density at radius 1 is 0.865 bits per heavy atom. The maximum absolute atomic E-state index is 12.9. The number of nitrogens with one attached hydrogen (secondary N) is 1. The first kappa shape index (κ1) is 30.1. The van der Waals surface area contributed by atoms with Crippen molar-refractivity contribution >= 4 is 12.4 Å². The summed E-state index contributed by atoms with van der Waals surface area (Å²) in [5, 5.41) is 13.4. The third-order valence-corrected chi connectivity index (χ3v) is 5.42. The summed E-state index contributed by atoms with van der Waals surface area (Å²) in [4.78, 5) is 24.0. The van der Waals surface area contributed by atoms with Crippen LogP contribution in [-0.2, 0) is 34.7 Å². The monoisotopic (exact) mass is 533 g/mol. The number of aliphatic hydroxyl groups excluding tert-OH is 1. The van der Waals surface area contributed by atoms with Crippen LogP contribution < -0.4 is 5.32 Å². The van der Waals surface area contributed by atoms with Crippen molar-refractivity contribution in [3.63, 3.8) is 0 Å². The largest absolute Gasteiger partial charge is 0.444 e. The average molecular weight is 534 g/mol. The molecule has 0 saturated heterocycles. The Hall–Kier alpha value is -3.08. The summed E-state index contributed by atoms with van der Waals surface area (Å²) in [6, 6.07) is 7.44. The van der Waals surface area contributed by atoms with Crippen molar-refractivity contribution in [2.45, 2.75) is 70.1 Å². The molecule has 0 aliphatic heterocycles. The van der Waals surface area contributed by atoms with Gasteiger partial charge in [0.15, 0.2) is 0 Å². The highest BCUT2D eigenvalue weighted by Crippen LogP contribution is 2.30. The van der Waals surface area contributed by atoms with E-state index in [4.69, 9.17) is 4.74 Å². The zero-order chi connectivity index (χ0) is 28.0. The molecule has 5 nitrogen and oxygen atoms in total. The van der Waals surface area contributed by atoms with Crippen LogP contribution in [0.15, 0.2) is 48.5 Å². The number of ether oxygens (including phenoxy) is 1. The fraction of sp³-hybridized carbons (Fsp3) is 0.462. The molecular formula is C26H29F6NO4. The van der Waals surface area contributed by atoms with Gasteiger partial charge in [-0.15, -0.1) is 0 Å². The van der Waals surface area contributed by atoms with Gasteiger partial charge in [-0.2, -0.15) is 26.3 Å². The molecule has 0 saturated carbocycles. The number of rotatable bonds is 9. The first-order chi connectivity index (χ1) is 17.0. The quantitative estimate of drug-likeness (QED) is 0.308. The van der Waals surface area contributed by atoms with Gasteiger partial charge in [0.25, 0.3) is 0 Å². The number of carbonyl (C=O) groups excluding carboxylic acids is 2. The fourth-order valence-electron chi connectivity index (χ4n) is 3.62. The van der Waals surface area contributed by atoms with Crippen LogP contribution in [0.3, 0.4) is 0 Å². The predicted octanol–water partition coefficient (Wildman–Crippen LogP) is 5.97. The second-order valence-electron chi connectivity index (χ2n) is 9.75. The number of amides is 1. The van der Waals surface area contributed by atoms with Crippen LogP contribution >= 0.6 is 0 Å². The van der Waals surface area contributed by atoms with Gasteiger partial charge in [-0.05, 0) is 75.4 Å². The molecule has 204 valence electrons. The normalized spacial score (nSPS) is 15.0. The predicted molar refractivity (Wildman–Crippen MR) is 124 cm³/mol. The van der Waals surface area contributed by atoms with Gasteiger partial charge >= 0.3 is 18.4 Å². The van der Waals surface area contributed by atoms with E-state index in [1.165, 1.54) is 24.3 Å². The van der Waals surface area contributed by atoms with Gasteiger partial charge in [0.2, 0.25) is 0 Å². The molecule has 37 heavy (non-hydrogen) atoms. The summed E-state index contributed by atoms with van der Waals surface area (Å²) in [5.74, 6) is -0.803. The van der Waals surface area contributed by atoms with E-state index in [0.29, 0.717) is 17.4 Å². The molecule has 0 bridgehead atoms. The van der Waals surface area contributed by atoms with E-state index >= 15 is 0 Å². The third-order valence-electron chi connectivity index (χ3n) is 5.42. The van der Waals surface area contributed by atoms with Crippen molar-refractivity contribution < 1.29 is 45.8 Å². The zero-order valence-corrected chi connectivity index (χ0v) is 20.5. The van der Waals surface area contributed by atoms with Crippen molar-refractivity contribution in [1.29, 1.82) is 0 Å². The summed E-state index contributed by atoms with van der Waals surface area (Å²) < 4.78 is 82.2. The molecule has 0 aromatic heterocycles. The molecular weight excluding hydrogens is 504 g/mol. The van der Waals surface area contributed by atoms with E-state index in [9.17, 15) is 41.0 Å². The molecule has 2 aromatic carbocycles. The zero-order valence-electron chi connectivity index (χ0n) is 20.5. The number of hydrogen-bond donors (Lipinski definition) is 2. The number of hydrogen-bond acceptors (Lipinski definition) is 4. The maximum Gasteiger partial charge on any atom is 0.416 e. The molecule has 0 unspecified atom stereocenters. The lowest BCUT2D eigenvalue weighted by atomic mass is 9.90. The molecule has 0 spiro atoms. The summed E-state index contributed by atoms with van der Waals surface area (Å²) in [7, 11) is 0. The summed E-state index contributed by atoms with van der Waals surface area (Å²) >= 11 is 0. The fourth-order valence-corrected chi connectivity index (χ4v) is 3.62. The highest BCUT2D eigenvalue weighted by atomic mass is 19.4. The van der Waals surface area contributed by atoms with Gasteiger partial charge in [-0.3, -0.25) is 0 Å². The van der Waals surface area contributed by atoms with Gasteiger partial charge in [-0.25, -0.2) is 4.79 Å². The Labute approximate surface area is 210 Å². The Bertz CT molecular complexity index is 1030. The van der Waals surface area contributed by atoms with Gasteiger partial charge in [0, 0.05) is 5.92 Å². The van der Waals surface area contributed by atoms with E-state index in [0.717, 1.165) is 24.3 Å². The van der Waals surface area contributed by atoms with Crippen LogP contribution in [-0.4, -0.2) is 35.2 Å². The molecule has 2 rings (SSSR count). The lowest BCUT2D eigenvalue weighted by Crippen LogP contribution is -2.47. The van der Waals surface area contributed by atoms with Gasteiger partial charge in [-0.1, -0.05) is 24.3 Å². The molecule has 0 fully saturated rings. The van der Waals surface area contributed by atoms with Crippen LogP contribution in [0, 0.1) is 5.92 Å². The standard InChI is InChI=1S/C26H29F6NO4/c1-24(2,3)37-23(36)33-21(13-17-6-10-20(11-7-17)26(30,31)32)22(35)14-18(15-34)12-16-4-8-19(9-5-16)25(27,28)29/h4-11,15,18,21-22,35H,12-14H2,1-3H3,(H,33,36)/t18-,21+,22+/m0/s1. The lowest BCUT2D eigenvalue weighted by molar-refractivity contribution is -0.138. The lowest BCUT2D eigenvalue weighted by Gasteiger charge is -2.28. The van der Waals surface area contributed by atoms with Crippen LogP contribution in [0.25, 0.3) is 0 Å². The number of halogens is 6. The van der Waals surface area contributed by atoms with Crippen molar-refractivity contribution in [3.8, 4) is 0 Å². The second kappa shape index (κ2) is 12.0. The number of benzene rings is 2. The van der Waals surface area contributed by atoms with Crippen LogP contribution in [0.2, 0.25) is 0 Å². The van der Waals surface area contributed by atoms with Crippen molar-refractivity contribution in [1.82, 2.24) is 5.32 Å². The molecule has 3 atom stereocenters. The van der Waals surface area contributed by atoms with E-state index in [-0.39, 0.29) is 19.3 Å². The van der Waals surface area contributed by atoms with Crippen LogP contribution in [0.5, 0.6) is 0 Å². The van der Waals surface area contributed by atoms with E-state index in [2.05, 4.69) is 5.32 Å². The molecule has 2 N–H and O–H groups in total. The Morgan fingerprint density at radius 2 is 1.30 bits per heavy atom. The first-order valence-electron chi connectivity index (χ1n) is 11.4. The number of alkyl halides is 6. The topological polar surface area (TPSA) is 75.6 Å². The minimum Gasteiger partial charge on any atom is -0.444 e. The third kappa shape index (κ3) is 10.1. The molecule has 2 aromatic rings. The summed E-state index contributed by atoms with van der Waals surface area (Å²) in [6.07, 6.45) is -10.8. The van der Waals surface area contributed by atoms with Gasteiger partial charge in [0.05, 0.1) is 23.3 Å². The molecule has 0 radical (unpaired) electrons. The number of alkyl carbamates (subject to hydrolysis) is 1. The second-order valence-corrected chi connectivity index (χ2v) is 9.75. The minimum absolute atomic E-state index is 0.0398. The van der Waals surface area contributed by atoms with Crippen LogP contribution in [0.4, 0.5) is 31.1 Å². The van der Waals surface area contributed by atoms with Crippen molar-refractivity contribution in [3.05, 3.63) is 70.8 Å². The van der Waals surface area contributed by atoms with E-state index < -0.39 is 53.2 Å². The van der Waals surface area contributed by atoms with Crippen LogP contribution in [0.1, 0.15) is 49.4 Å². The molecule has 11 heteroatoms. The highest BCUT2D eigenvalue weighted by molar-refractivity contribution is 5.68. The Morgan fingerprint density at radius 3 is 1.68 bits per heavy atom. The number of aldehydes is 1. The maximum atomic E-state index is 12.9. The highest BCUT2D eigenvalue weighted by Gasteiger charge is 2.32. The smallest absolute Gasteiger partial charge is 0.416 e. The van der Waals surface area contributed by atoms with Crippen molar-refractivity contribution in [2.75, 3.05) is 0 Å². The number of carbonyl (C=O) groups is 2. The molecule has 1 amide bonds. The average Bonchev–Trinajstić information content (AvgIpc) is 2.76. The number of aliphatic hydroxyl groups is 1. The summed E-state index contributed by atoms with van der Waals surface area (Å²) in [5.41, 5.74) is -1.72. The first-order valence-corrected chi connectivity index (χ1v) is 11.4. The van der Waals surface area contributed by atoms with E-state index in [1.54, 1.807) is 20.8 Å². The summed E-state index contributed by atoms with van der Waals surface area (Å²) in [6.45, 7) is 4.88. The Balaban J connectivity index is 2.17. The Kier molecular flexibility index (Phi) is 9.76. The minimum atomic E-state index is -4.53. The molecule has 0 aliphatic rings. The SMILES string of the molecule is CC(C)(C)OC(=O)N[C@H](Cc1ccc(C(F)(F)F)cc1)[C@H](O)C[C@@H](C=O)Cc1ccc(C(F)(F)F)cc1. The van der Waals surface area contributed by atoms with E-state index in [1.807, 2.05) is 0 Å². The molecule has 0 aliphatic carbocycles. The molecule has 0 heterocycles.